The molecule has 0 spiro atoms. The number of nitriles is 1. The van der Waals surface area contributed by atoms with Crippen molar-refractivity contribution >= 4 is 27.3 Å². The van der Waals surface area contributed by atoms with E-state index in [1.807, 2.05) is 0 Å². The SMILES string of the molecule is N#CCC1CN(Cc2ccccc2)CC1c1cc(Br)cs1. The molecule has 2 aromatic rings. The first-order valence-corrected chi connectivity index (χ1v) is 8.80. The Balaban J connectivity index is 1.73. The number of halogens is 1. The van der Waals surface area contributed by atoms with E-state index in [0.29, 0.717) is 18.3 Å². The van der Waals surface area contributed by atoms with Crippen LogP contribution >= 0.6 is 27.3 Å². The molecule has 0 bridgehead atoms. The Morgan fingerprint density at radius 1 is 1.29 bits per heavy atom. The zero-order valence-electron chi connectivity index (χ0n) is 11.7. The second-order valence-corrected chi connectivity index (χ2v) is 7.43. The molecular formula is C17H17BrN2S. The van der Waals surface area contributed by atoms with Crippen LogP contribution in [0.2, 0.25) is 0 Å². The molecule has 1 aliphatic heterocycles. The van der Waals surface area contributed by atoms with E-state index in [9.17, 15) is 0 Å². The van der Waals surface area contributed by atoms with Gasteiger partial charge >= 0.3 is 0 Å². The van der Waals surface area contributed by atoms with Crippen LogP contribution in [0.15, 0.2) is 46.3 Å². The topological polar surface area (TPSA) is 27.0 Å². The monoisotopic (exact) mass is 360 g/mol. The van der Waals surface area contributed by atoms with Crippen LogP contribution < -0.4 is 0 Å². The third-order valence-electron chi connectivity index (χ3n) is 4.07. The molecule has 1 aliphatic rings. The molecule has 1 aromatic heterocycles. The van der Waals surface area contributed by atoms with Gasteiger partial charge in [-0.2, -0.15) is 5.26 Å². The molecule has 1 saturated heterocycles. The molecule has 2 nitrogen and oxygen atoms in total. The minimum atomic E-state index is 0.448. The van der Waals surface area contributed by atoms with Crippen LogP contribution in [0, 0.1) is 17.2 Å². The van der Waals surface area contributed by atoms with E-state index in [0.717, 1.165) is 24.1 Å². The van der Waals surface area contributed by atoms with Crippen LogP contribution in [0.25, 0.3) is 0 Å². The van der Waals surface area contributed by atoms with Crippen LogP contribution in [-0.2, 0) is 6.54 Å². The summed E-state index contributed by atoms with van der Waals surface area (Å²) >= 11 is 5.34. The maximum absolute atomic E-state index is 9.10. The van der Waals surface area contributed by atoms with Gasteiger partial charge in [0.2, 0.25) is 0 Å². The molecule has 0 N–H and O–H groups in total. The Bertz CT molecular complexity index is 632. The number of thiophene rings is 1. The van der Waals surface area contributed by atoms with E-state index in [-0.39, 0.29) is 0 Å². The average molecular weight is 361 g/mol. The van der Waals surface area contributed by atoms with E-state index in [4.69, 9.17) is 5.26 Å². The molecule has 3 rings (SSSR count). The third-order valence-corrected chi connectivity index (χ3v) is 5.90. The summed E-state index contributed by atoms with van der Waals surface area (Å²) in [5, 5.41) is 11.2. The number of hydrogen-bond acceptors (Lipinski definition) is 3. The van der Waals surface area contributed by atoms with Gasteiger partial charge in [-0.15, -0.1) is 11.3 Å². The predicted molar refractivity (Wildman–Crippen MR) is 90.2 cm³/mol. The smallest absolute Gasteiger partial charge is 0.0625 e. The molecule has 1 fully saturated rings. The quantitative estimate of drug-likeness (QED) is 0.793. The van der Waals surface area contributed by atoms with Gasteiger partial charge in [-0.25, -0.2) is 0 Å². The van der Waals surface area contributed by atoms with Crippen molar-refractivity contribution in [3.63, 3.8) is 0 Å². The summed E-state index contributed by atoms with van der Waals surface area (Å²) in [4.78, 5) is 3.88. The highest BCUT2D eigenvalue weighted by Crippen LogP contribution is 2.39. The molecule has 108 valence electrons. The third kappa shape index (κ3) is 3.55. The lowest BCUT2D eigenvalue weighted by Gasteiger charge is -2.15. The molecule has 0 amide bonds. The fourth-order valence-electron chi connectivity index (χ4n) is 3.10. The Morgan fingerprint density at radius 3 is 2.76 bits per heavy atom. The van der Waals surface area contributed by atoms with Crippen molar-refractivity contribution < 1.29 is 0 Å². The second kappa shape index (κ2) is 6.74. The lowest BCUT2D eigenvalue weighted by atomic mass is 9.92. The summed E-state index contributed by atoms with van der Waals surface area (Å²) < 4.78 is 1.15. The van der Waals surface area contributed by atoms with Crippen LogP contribution in [0.1, 0.15) is 22.8 Å². The molecule has 2 atom stereocenters. The molecule has 0 saturated carbocycles. The Labute approximate surface area is 138 Å². The summed E-state index contributed by atoms with van der Waals surface area (Å²) in [6.07, 6.45) is 0.644. The number of likely N-dealkylation sites (tertiary alicyclic amines) is 1. The summed E-state index contributed by atoms with van der Waals surface area (Å²) in [5.41, 5.74) is 1.35. The lowest BCUT2D eigenvalue weighted by Crippen LogP contribution is -2.20. The van der Waals surface area contributed by atoms with E-state index in [1.54, 1.807) is 11.3 Å². The number of hydrogen-bond donors (Lipinski definition) is 0. The molecule has 2 heterocycles. The van der Waals surface area contributed by atoms with Gasteiger partial charge in [0.15, 0.2) is 0 Å². The molecule has 2 unspecified atom stereocenters. The predicted octanol–water partition coefficient (Wildman–Crippen LogP) is 4.64. The first-order chi connectivity index (χ1) is 10.3. The van der Waals surface area contributed by atoms with Gasteiger partial charge in [0.05, 0.1) is 6.07 Å². The summed E-state index contributed by atoms with van der Waals surface area (Å²) in [6, 6.07) is 15.2. The standard InChI is InChI=1S/C17H17BrN2S/c18-15-8-17(21-12-15)16-11-20(10-14(16)6-7-19)9-13-4-2-1-3-5-13/h1-5,8,12,14,16H,6,9-11H2. The van der Waals surface area contributed by atoms with Crippen molar-refractivity contribution in [2.75, 3.05) is 13.1 Å². The highest BCUT2D eigenvalue weighted by Gasteiger charge is 2.34. The first-order valence-electron chi connectivity index (χ1n) is 7.13. The second-order valence-electron chi connectivity index (χ2n) is 5.58. The van der Waals surface area contributed by atoms with Gasteiger partial charge in [-0.1, -0.05) is 30.3 Å². The minimum Gasteiger partial charge on any atom is -0.298 e. The normalized spacial score (nSPS) is 22.3. The lowest BCUT2D eigenvalue weighted by molar-refractivity contribution is 0.316. The van der Waals surface area contributed by atoms with Gasteiger partial charge in [-0.05, 0) is 33.5 Å². The van der Waals surface area contributed by atoms with Gasteiger partial charge < -0.3 is 0 Å². The molecule has 21 heavy (non-hydrogen) atoms. The fourth-order valence-corrected chi connectivity index (χ4v) is 4.73. The fraction of sp³-hybridized carbons (Fsp3) is 0.353. The number of nitrogens with zero attached hydrogens (tertiary/aromatic N) is 2. The summed E-state index contributed by atoms with van der Waals surface area (Å²) in [7, 11) is 0. The maximum Gasteiger partial charge on any atom is 0.0625 e. The van der Waals surface area contributed by atoms with Gasteiger partial charge in [0, 0.05) is 46.7 Å². The van der Waals surface area contributed by atoms with E-state index >= 15 is 0 Å². The van der Waals surface area contributed by atoms with E-state index < -0.39 is 0 Å². The molecule has 4 heteroatoms. The van der Waals surface area contributed by atoms with Crippen LogP contribution in [0.3, 0.4) is 0 Å². The van der Waals surface area contributed by atoms with Gasteiger partial charge in [-0.3, -0.25) is 4.90 Å². The zero-order chi connectivity index (χ0) is 14.7. The van der Waals surface area contributed by atoms with Gasteiger partial charge in [0.1, 0.15) is 0 Å². The van der Waals surface area contributed by atoms with Crippen LogP contribution in [0.5, 0.6) is 0 Å². The molecule has 0 aliphatic carbocycles. The number of benzene rings is 1. The van der Waals surface area contributed by atoms with E-state index in [1.165, 1.54) is 10.4 Å². The number of rotatable bonds is 4. The van der Waals surface area contributed by atoms with Crippen LogP contribution in [-0.4, -0.2) is 18.0 Å². The molecule has 0 radical (unpaired) electrons. The first kappa shape index (κ1) is 14.8. The molecular weight excluding hydrogens is 344 g/mol. The maximum atomic E-state index is 9.10. The Hall–Kier alpha value is -1.15. The van der Waals surface area contributed by atoms with Crippen molar-refractivity contribution in [2.24, 2.45) is 5.92 Å². The minimum absolute atomic E-state index is 0.448. The Kier molecular flexibility index (Phi) is 4.74. The highest BCUT2D eigenvalue weighted by molar-refractivity contribution is 9.10. The van der Waals surface area contributed by atoms with Crippen molar-refractivity contribution in [3.05, 3.63) is 56.7 Å². The van der Waals surface area contributed by atoms with Crippen molar-refractivity contribution in [1.82, 2.24) is 4.90 Å². The van der Waals surface area contributed by atoms with Crippen LogP contribution in [0.4, 0.5) is 0 Å². The molecule has 1 aromatic carbocycles. The summed E-state index contributed by atoms with van der Waals surface area (Å²) in [6.45, 7) is 3.04. The summed E-state index contributed by atoms with van der Waals surface area (Å²) in [5.74, 6) is 0.939. The average Bonchev–Trinajstić information content (AvgIpc) is 3.07. The Morgan fingerprint density at radius 2 is 2.10 bits per heavy atom. The van der Waals surface area contributed by atoms with Crippen molar-refractivity contribution in [3.8, 4) is 6.07 Å². The zero-order valence-corrected chi connectivity index (χ0v) is 14.1. The van der Waals surface area contributed by atoms with Crippen molar-refractivity contribution in [2.45, 2.75) is 18.9 Å². The highest BCUT2D eigenvalue weighted by atomic mass is 79.9. The van der Waals surface area contributed by atoms with E-state index in [2.05, 4.69) is 68.7 Å². The van der Waals surface area contributed by atoms with Gasteiger partial charge in [0.25, 0.3) is 0 Å². The largest absolute Gasteiger partial charge is 0.298 e. The van der Waals surface area contributed by atoms with Crippen molar-refractivity contribution in [1.29, 1.82) is 5.26 Å².